The summed E-state index contributed by atoms with van der Waals surface area (Å²) in [7, 11) is -3.78. The fourth-order valence-electron chi connectivity index (χ4n) is 4.27. The van der Waals surface area contributed by atoms with Crippen molar-refractivity contribution in [1.82, 2.24) is 14.9 Å². The number of hydrogen-bond donors (Lipinski definition) is 2. The van der Waals surface area contributed by atoms with Crippen LogP contribution >= 0.6 is 0 Å². The van der Waals surface area contributed by atoms with Crippen molar-refractivity contribution in [3.05, 3.63) is 64.7 Å². The van der Waals surface area contributed by atoms with E-state index in [1.54, 1.807) is 18.2 Å². The van der Waals surface area contributed by atoms with Gasteiger partial charge in [-0.1, -0.05) is 42.3 Å². The van der Waals surface area contributed by atoms with Gasteiger partial charge in [0.2, 0.25) is 10.0 Å². The van der Waals surface area contributed by atoms with Gasteiger partial charge >= 0.3 is 0 Å². The molecule has 2 aliphatic heterocycles. The van der Waals surface area contributed by atoms with E-state index in [4.69, 9.17) is 0 Å². The van der Waals surface area contributed by atoms with Crippen LogP contribution < -0.4 is 10.6 Å². The molecule has 2 aromatic carbocycles. The molecule has 0 aromatic heterocycles. The summed E-state index contributed by atoms with van der Waals surface area (Å²) in [5.41, 5.74) is 3.29. The van der Waals surface area contributed by atoms with E-state index in [1.807, 2.05) is 31.2 Å². The van der Waals surface area contributed by atoms with E-state index in [1.165, 1.54) is 9.87 Å². The number of benzene rings is 2. The van der Waals surface area contributed by atoms with Crippen LogP contribution in [0.5, 0.6) is 0 Å². The molecule has 1 saturated heterocycles. The lowest BCUT2D eigenvalue weighted by Crippen LogP contribution is -2.44. The van der Waals surface area contributed by atoms with Crippen LogP contribution in [0.25, 0.3) is 0 Å². The first-order chi connectivity index (χ1) is 14.4. The highest BCUT2D eigenvalue weighted by Gasteiger charge is 2.31. The van der Waals surface area contributed by atoms with Gasteiger partial charge in [-0.05, 0) is 56.0 Å². The largest absolute Gasteiger partial charge is 0.350 e. The lowest BCUT2D eigenvalue weighted by Gasteiger charge is -2.29. The van der Waals surface area contributed by atoms with E-state index in [0.29, 0.717) is 26.1 Å². The smallest absolute Gasteiger partial charge is 0.252 e. The summed E-state index contributed by atoms with van der Waals surface area (Å²) >= 11 is 0. The zero-order valence-corrected chi connectivity index (χ0v) is 18.2. The molecule has 30 heavy (non-hydrogen) atoms. The molecule has 1 atom stereocenters. The second-order valence-corrected chi connectivity index (χ2v) is 10.1. The third-order valence-corrected chi connectivity index (χ3v) is 7.92. The summed E-state index contributed by atoms with van der Waals surface area (Å²) in [5.74, 6) is -0.331. The van der Waals surface area contributed by atoms with E-state index in [9.17, 15) is 13.2 Å². The average Bonchev–Trinajstić information content (AvgIpc) is 2.77. The van der Waals surface area contributed by atoms with Crippen LogP contribution in [0.1, 0.15) is 46.3 Å². The van der Waals surface area contributed by atoms with Crippen molar-refractivity contribution < 1.29 is 13.2 Å². The molecule has 1 amide bonds. The van der Waals surface area contributed by atoms with Crippen LogP contribution in [0.2, 0.25) is 0 Å². The number of aryl methyl sites for hydroxylation is 1. The van der Waals surface area contributed by atoms with Crippen molar-refractivity contribution in [3.63, 3.8) is 0 Å². The lowest BCUT2D eigenvalue weighted by atomic mass is 10.0. The topological polar surface area (TPSA) is 78.5 Å². The Hall–Kier alpha value is -2.22. The maximum atomic E-state index is 13.5. The third-order valence-electron chi connectivity index (χ3n) is 6.01. The Bertz CT molecular complexity index is 1030. The fourth-order valence-corrected chi connectivity index (χ4v) is 5.86. The summed E-state index contributed by atoms with van der Waals surface area (Å²) in [4.78, 5) is 13.1. The molecule has 0 bridgehead atoms. The van der Waals surface area contributed by atoms with Gasteiger partial charge < -0.3 is 10.6 Å². The van der Waals surface area contributed by atoms with Crippen LogP contribution in [0.4, 0.5) is 0 Å². The van der Waals surface area contributed by atoms with Gasteiger partial charge in [0, 0.05) is 25.7 Å². The number of carbonyl (C=O) groups excluding carboxylic acids is 1. The van der Waals surface area contributed by atoms with Crippen LogP contribution in [0.3, 0.4) is 0 Å². The first-order valence-electron chi connectivity index (χ1n) is 10.6. The molecule has 0 aliphatic carbocycles. The molecular formula is C23H29N3O3S. The number of hydrogen-bond acceptors (Lipinski definition) is 4. The minimum absolute atomic E-state index is 0.0848. The minimum atomic E-state index is -3.78. The van der Waals surface area contributed by atoms with E-state index >= 15 is 0 Å². The first kappa shape index (κ1) is 21.0. The second-order valence-electron chi connectivity index (χ2n) is 8.21. The van der Waals surface area contributed by atoms with Gasteiger partial charge in [0.05, 0.1) is 10.5 Å². The van der Waals surface area contributed by atoms with Crippen LogP contribution in [0, 0.1) is 6.92 Å². The highest BCUT2D eigenvalue weighted by molar-refractivity contribution is 7.89. The molecule has 0 radical (unpaired) electrons. The Morgan fingerprint density at radius 1 is 1.17 bits per heavy atom. The molecule has 1 fully saturated rings. The molecule has 160 valence electrons. The van der Waals surface area contributed by atoms with Gasteiger partial charge in [-0.3, -0.25) is 4.79 Å². The van der Waals surface area contributed by atoms with Crippen molar-refractivity contribution in [2.45, 2.75) is 50.1 Å². The predicted molar refractivity (Wildman–Crippen MR) is 117 cm³/mol. The molecule has 2 heterocycles. The number of nitrogens with one attached hydrogen (secondary N) is 2. The summed E-state index contributed by atoms with van der Waals surface area (Å²) in [6, 6.07) is 13.2. The molecule has 0 spiro atoms. The molecule has 2 aromatic rings. The highest BCUT2D eigenvalue weighted by atomic mass is 32.2. The van der Waals surface area contributed by atoms with E-state index in [-0.39, 0.29) is 22.4 Å². The Morgan fingerprint density at radius 2 is 1.97 bits per heavy atom. The van der Waals surface area contributed by atoms with Crippen molar-refractivity contribution in [2.75, 3.05) is 19.6 Å². The molecule has 6 nitrogen and oxygen atoms in total. The Balaban J connectivity index is 1.57. The van der Waals surface area contributed by atoms with Gasteiger partial charge in [-0.2, -0.15) is 4.31 Å². The zero-order valence-electron chi connectivity index (χ0n) is 17.4. The molecule has 2 N–H and O–H groups in total. The third kappa shape index (κ3) is 4.43. The maximum absolute atomic E-state index is 13.5. The fraction of sp³-hybridized carbons (Fsp3) is 0.435. The summed E-state index contributed by atoms with van der Waals surface area (Å²) in [6.07, 6.45) is 4.00. The molecule has 0 saturated carbocycles. The molecule has 2 aliphatic rings. The van der Waals surface area contributed by atoms with Crippen LogP contribution in [-0.2, 0) is 23.0 Å². The van der Waals surface area contributed by atoms with Gasteiger partial charge in [0.15, 0.2) is 0 Å². The highest BCUT2D eigenvalue weighted by Crippen LogP contribution is 2.27. The molecule has 4 rings (SSSR count). The van der Waals surface area contributed by atoms with Gasteiger partial charge in [0.25, 0.3) is 5.91 Å². The number of carbonyl (C=O) groups is 1. The number of piperidine rings is 1. The van der Waals surface area contributed by atoms with E-state index in [0.717, 1.165) is 36.9 Å². The van der Waals surface area contributed by atoms with Crippen molar-refractivity contribution in [1.29, 1.82) is 0 Å². The SMILES string of the molecule is Cc1ccc(S(=O)(=O)N2CCc3ccccc3C2)c(C(=O)NC[C@H]2CCCCN2)c1. The standard InChI is InChI=1S/C23H29N3O3S/c1-17-9-10-22(21(14-17)23(27)25-15-20-8-4-5-12-24-20)30(28,29)26-13-11-18-6-2-3-7-19(18)16-26/h2-3,6-7,9-10,14,20,24H,4-5,8,11-13,15-16H2,1H3,(H,25,27)/t20-/m1/s1. The van der Waals surface area contributed by atoms with E-state index < -0.39 is 10.0 Å². The van der Waals surface area contributed by atoms with Crippen molar-refractivity contribution in [3.8, 4) is 0 Å². The zero-order chi connectivity index (χ0) is 21.1. The molecule has 7 heteroatoms. The van der Waals surface area contributed by atoms with Gasteiger partial charge in [-0.15, -0.1) is 0 Å². The summed E-state index contributed by atoms with van der Waals surface area (Å²) in [5, 5.41) is 6.34. The maximum Gasteiger partial charge on any atom is 0.252 e. The number of nitrogens with zero attached hydrogens (tertiary/aromatic N) is 1. The average molecular weight is 428 g/mol. The Labute approximate surface area is 178 Å². The number of sulfonamides is 1. The number of fused-ring (bicyclic) bond motifs is 1. The van der Waals surface area contributed by atoms with Gasteiger partial charge in [0.1, 0.15) is 0 Å². The van der Waals surface area contributed by atoms with E-state index in [2.05, 4.69) is 10.6 Å². The number of rotatable bonds is 5. The predicted octanol–water partition coefficient (Wildman–Crippen LogP) is 2.61. The molecular weight excluding hydrogens is 398 g/mol. The van der Waals surface area contributed by atoms with Crippen molar-refractivity contribution in [2.24, 2.45) is 0 Å². The lowest BCUT2D eigenvalue weighted by molar-refractivity contribution is 0.0944. The quantitative estimate of drug-likeness (QED) is 0.769. The summed E-state index contributed by atoms with van der Waals surface area (Å²) in [6.45, 7) is 4.08. The van der Waals surface area contributed by atoms with Crippen LogP contribution in [-0.4, -0.2) is 44.3 Å². The minimum Gasteiger partial charge on any atom is -0.350 e. The summed E-state index contributed by atoms with van der Waals surface area (Å²) < 4.78 is 28.4. The normalized spacial score (nSPS) is 19.8. The monoisotopic (exact) mass is 427 g/mol. The van der Waals surface area contributed by atoms with Crippen molar-refractivity contribution >= 4 is 15.9 Å². The Kier molecular flexibility index (Phi) is 6.22. The van der Waals surface area contributed by atoms with Crippen LogP contribution in [0.15, 0.2) is 47.4 Å². The number of amides is 1. The second kappa shape index (κ2) is 8.88. The van der Waals surface area contributed by atoms with Gasteiger partial charge in [-0.25, -0.2) is 8.42 Å². The Morgan fingerprint density at radius 3 is 2.73 bits per heavy atom. The molecule has 0 unspecified atom stereocenters. The first-order valence-corrected chi connectivity index (χ1v) is 12.1.